The maximum absolute atomic E-state index is 12.3. The summed E-state index contributed by atoms with van der Waals surface area (Å²) < 4.78 is 3.41. The van der Waals surface area contributed by atoms with Crippen molar-refractivity contribution in [2.75, 3.05) is 0 Å². The SMILES string of the molecule is CC(C)(C)Cn1nc(-c2c(-c3ccccc3)nn3ccccc23)ccc1=O. The quantitative estimate of drug-likeness (QED) is 0.549. The van der Waals surface area contributed by atoms with Crippen LogP contribution in [-0.4, -0.2) is 19.4 Å². The molecule has 0 fully saturated rings. The largest absolute Gasteiger partial charge is 0.268 e. The van der Waals surface area contributed by atoms with Crippen LogP contribution in [0.1, 0.15) is 20.8 Å². The highest BCUT2D eigenvalue weighted by Crippen LogP contribution is 2.33. The lowest BCUT2D eigenvalue weighted by Gasteiger charge is -2.19. The molecule has 0 saturated carbocycles. The Labute approximate surface area is 157 Å². The van der Waals surface area contributed by atoms with Crippen LogP contribution in [0.2, 0.25) is 0 Å². The van der Waals surface area contributed by atoms with Crippen molar-refractivity contribution in [2.24, 2.45) is 5.41 Å². The lowest BCUT2D eigenvalue weighted by Crippen LogP contribution is -2.28. The highest BCUT2D eigenvalue weighted by Gasteiger charge is 2.19. The van der Waals surface area contributed by atoms with E-state index in [4.69, 9.17) is 5.10 Å². The monoisotopic (exact) mass is 358 g/mol. The minimum atomic E-state index is -0.0913. The van der Waals surface area contributed by atoms with Crippen LogP contribution in [0.4, 0.5) is 0 Å². The Balaban J connectivity index is 1.96. The molecule has 5 nitrogen and oxygen atoms in total. The van der Waals surface area contributed by atoms with Crippen molar-refractivity contribution in [3.63, 3.8) is 0 Å². The van der Waals surface area contributed by atoms with E-state index in [9.17, 15) is 4.79 Å². The minimum absolute atomic E-state index is 0.0429. The van der Waals surface area contributed by atoms with E-state index in [1.54, 1.807) is 16.8 Å². The first kappa shape index (κ1) is 17.2. The summed E-state index contributed by atoms with van der Waals surface area (Å²) in [6.45, 7) is 6.84. The van der Waals surface area contributed by atoms with Gasteiger partial charge in [-0.3, -0.25) is 4.79 Å². The number of nitrogens with zero attached hydrogens (tertiary/aromatic N) is 4. The smallest absolute Gasteiger partial charge is 0.266 e. The molecule has 0 aliphatic carbocycles. The van der Waals surface area contributed by atoms with E-state index in [-0.39, 0.29) is 11.0 Å². The first-order valence-electron chi connectivity index (χ1n) is 9.04. The van der Waals surface area contributed by atoms with Crippen LogP contribution >= 0.6 is 0 Å². The average Bonchev–Trinajstić information content (AvgIpc) is 3.03. The summed E-state index contributed by atoms with van der Waals surface area (Å²) in [5.74, 6) is 0. The van der Waals surface area contributed by atoms with Crippen molar-refractivity contribution < 1.29 is 0 Å². The van der Waals surface area contributed by atoms with Crippen molar-refractivity contribution in [1.29, 1.82) is 0 Å². The molecule has 0 amide bonds. The summed E-state index contributed by atoms with van der Waals surface area (Å²) >= 11 is 0. The zero-order valence-electron chi connectivity index (χ0n) is 15.8. The molecule has 5 heteroatoms. The maximum Gasteiger partial charge on any atom is 0.266 e. The second-order valence-corrected chi connectivity index (χ2v) is 7.90. The highest BCUT2D eigenvalue weighted by molar-refractivity contribution is 5.90. The van der Waals surface area contributed by atoms with E-state index in [0.29, 0.717) is 6.54 Å². The molecule has 0 atom stereocenters. The van der Waals surface area contributed by atoms with Gasteiger partial charge in [0.15, 0.2) is 0 Å². The number of rotatable bonds is 3. The number of aromatic nitrogens is 4. The lowest BCUT2D eigenvalue weighted by atomic mass is 9.97. The van der Waals surface area contributed by atoms with Crippen molar-refractivity contribution in [2.45, 2.75) is 27.3 Å². The van der Waals surface area contributed by atoms with Crippen molar-refractivity contribution in [1.82, 2.24) is 19.4 Å². The molecular weight excluding hydrogens is 336 g/mol. The molecule has 0 spiro atoms. The van der Waals surface area contributed by atoms with Gasteiger partial charge in [-0.05, 0) is 23.6 Å². The molecule has 3 heterocycles. The van der Waals surface area contributed by atoms with E-state index in [0.717, 1.165) is 28.0 Å². The predicted octanol–water partition coefficient (Wildman–Crippen LogP) is 4.27. The predicted molar refractivity (Wildman–Crippen MR) is 108 cm³/mol. The summed E-state index contributed by atoms with van der Waals surface area (Å²) in [7, 11) is 0. The third-order valence-corrected chi connectivity index (χ3v) is 4.33. The Morgan fingerprint density at radius 3 is 2.37 bits per heavy atom. The fourth-order valence-electron chi connectivity index (χ4n) is 3.19. The van der Waals surface area contributed by atoms with Gasteiger partial charge in [0.2, 0.25) is 0 Å². The Bertz CT molecular complexity index is 1150. The molecule has 0 N–H and O–H groups in total. The molecule has 4 aromatic rings. The molecule has 0 saturated heterocycles. The van der Waals surface area contributed by atoms with E-state index in [1.165, 1.54) is 0 Å². The van der Waals surface area contributed by atoms with Gasteiger partial charge in [0.25, 0.3) is 5.56 Å². The summed E-state index contributed by atoms with van der Waals surface area (Å²) in [6.07, 6.45) is 1.93. The lowest BCUT2D eigenvalue weighted by molar-refractivity contribution is 0.317. The van der Waals surface area contributed by atoms with Crippen molar-refractivity contribution in [3.8, 4) is 22.5 Å². The molecule has 3 aromatic heterocycles. The van der Waals surface area contributed by atoms with E-state index < -0.39 is 0 Å². The van der Waals surface area contributed by atoms with Gasteiger partial charge in [-0.2, -0.15) is 10.2 Å². The molecule has 0 aliphatic heterocycles. The fraction of sp³-hybridized carbons (Fsp3) is 0.227. The van der Waals surface area contributed by atoms with Gasteiger partial charge in [-0.15, -0.1) is 0 Å². The molecule has 0 unspecified atom stereocenters. The van der Waals surface area contributed by atoms with Gasteiger partial charge in [-0.25, -0.2) is 9.20 Å². The van der Waals surface area contributed by atoms with E-state index in [1.807, 2.05) is 59.2 Å². The number of hydrogen-bond acceptors (Lipinski definition) is 3. The third kappa shape index (κ3) is 3.40. The topological polar surface area (TPSA) is 52.2 Å². The van der Waals surface area contributed by atoms with Crippen LogP contribution in [0.25, 0.3) is 28.0 Å². The zero-order valence-corrected chi connectivity index (χ0v) is 15.8. The molecule has 27 heavy (non-hydrogen) atoms. The van der Waals surface area contributed by atoms with Crippen LogP contribution < -0.4 is 5.56 Å². The van der Waals surface area contributed by atoms with E-state index in [2.05, 4.69) is 25.9 Å². The first-order valence-corrected chi connectivity index (χ1v) is 9.04. The molecule has 0 radical (unpaired) electrons. The fourth-order valence-corrected chi connectivity index (χ4v) is 3.19. The van der Waals surface area contributed by atoms with Crippen LogP contribution in [0.15, 0.2) is 71.7 Å². The number of pyridine rings is 1. The van der Waals surface area contributed by atoms with Gasteiger partial charge >= 0.3 is 0 Å². The van der Waals surface area contributed by atoms with Crippen LogP contribution in [0, 0.1) is 5.41 Å². The van der Waals surface area contributed by atoms with Crippen LogP contribution in [0.3, 0.4) is 0 Å². The van der Waals surface area contributed by atoms with Gasteiger partial charge in [0.1, 0.15) is 5.69 Å². The third-order valence-electron chi connectivity index (χ3n) is 4.33. The van der Waals surface area contributed by atoms with Gasteiger partial charge in [0, 0.05) is 24.4 Å². The maximum atomic E-state index is 12.3. The van der Waals surface area contributed by atoms with Crippen LogP contribution in [-0.2, 0) is 6.54 Å². The first-order chi connectivity index (χ1) is 12.9. The summed E-state index contributed by atoms with van der Waals surface area (Å²) in [5.41, 5.74) is 4.39. The Morgan fingerprint density at radius 1 is 0.889 bits per heavy atom. The minimum Gasteiger partial charge on any atom is -0.268 e. The van der Waals surface area contributed by atoms with E-state index >= 15 is 0 Å². The number of hydrogen-bond donors (Lipinski definition) is 0. The molecule has 0 bridgehead atoms. The molecule has 4 rings (SSSR count). The molecule has 136 valence electrons. The molecule has 1 aromatic carbocycles. The van der Waals surface area contributed by atoms with Gasteiger partial charge < -0.3 is 0 Å². The number of fused-ring (bicyclic) bond motifs is 1. The summed E-state index contributed by atoms with van der Waals surface area (Å²) in [6, 6.07) is 19.4. The van der Waals surface area contributed by atoms with Gasteiger partial charge in [0.05, 0.1) is 16.8 Å². The van der Waals surface area contributed by atoms with Gasteiger partial charge in [-0.1, -0.05) is 57.2 Å². The Kier molecular flexibility index (Phi) is 4.15. The Hall–Kier alpha value is -3.21. The molecular formula is C22H22N4O. The standard InChI is InChI=1S/C22H22N4O/c1-22(2,3)15-26-19(27)13-12-17(23-26)20-18-11-7-8-14-25(18)24-21(20)16-9-5-4-6-10-16/h4-14H,15H2,1-3H3. The zero-order chi connectivity index (χ0) is 19.0. The second kappa shape index (κ2) is 6.50. The number of benzene rings is 1. The summed E-state index contributed by atoms with van der Waals surface area (Å²) in [5, 5.41) is 9.46. The van der Waals surface area contributed by atoms with Crippen LogP contribution in [0.5, 0.6) is 0 Å². The molecule has 0 aliphatic rings. The van der Waals surface area contributed by atoms with Crippen molar-refractivity contribution >= 4 is 5.52 Å². The summed E-state index contributed by atoms with van der Waals surface area (Å²) in [4.78, 5) is 12.3. The average molecular weight is 358 g/mol. The second-order valence-electron chi connectivity index (χ2n) is 7.90. The van der Waals surface area contributed by atoms with Crippen molar-refractivity contribution in [3.05, 3.63) is 77.2 Å². The normalized spacial score (nSPS) is 11.8. The highest BCUT2D eigenvalue weighted by atomic mass is 16.1. The Morgan fingerprint density at radius 2 is 1.63 bits per heavy atom.